The largest absolute Gasteiger partial charge is 0.465 e. The molecule has 1 rings (SSSR count). The van der Waals surface area contributed by atoms with E-state index in [1.807, 2.05) is 0 Å². The van der Waals surface area contributed by atoms with Gasteiger partial charge >= 0.3 is 12.1 Å². The van der Waals surface area contributed by atoms with Crippen LogP contribution in [0, 0.1) is 0 Å². The zero-order valence-corrected chi connectivity index (χ0v) is 9.59. The Balaban J connectivity index is 3.58. The number of alkyl halides is 5. The van der Waals surface area contributed by atoms with Crippen molar-refractivity contribution in [2.45, 2.75) is 19.1 Å². The van der Waals surface area contributed by atoms with Crippen LogP contribution in [0.3, 0.4) is 0 Å². The fraction of sp³-hybridized carbons (Fsp3) is 0.400. The summed E-state index contributed by atoms with van der Waals surface area (Å²) < 4.78 is 67.5. The van der Waals surface area contributed by atoms with E-state index < -0.39 is 47.6 Å². The van der Waals surface area contributed by atoms with Crippen LogP contribution in [0.25, 0.3) is 0 Å². The minimum Gasteiger partial charge on any atom is -0.465 e. The predicted molar refractivity (Wildman–Crippen MR) is 53.4 cm³/mol. The number of aromatic nitrogens is 1. The highest BCUT2D eigenvalue weighted by atomic mass is 19.4. The molecule has 0 saturated carbocycles. The van der Waals surface area contributed by atoms with E-state index >= 15 is 0 Å². The Labute approximate surface area is 104 Å². The smallest absolute Gasteiger partial charge is 0.434 e. The Bertz CT molecular complexity index is 488. The molecule has 0 bridgehead atoms. The SMILES string of the molecule is COC(=O)c1cc(C(F)F)c(CN)nc1C(F)(F)F. The van der Waals surface area contributed by atoms with E-state index in [0.29, 0.717) is 6.07 Å². The van der Waals surface area contributed by atoms with Crippen LogP contribution < -0.4 is 5.73 Å². The van der Waals surface area contributed by atoms with Crippen molar-refractivity contribution in [3.8, 4) is 0 Å². The first-order chi connectivity index (χ1) is 8.72. The highest BCUT2D eigenvalue weighted by Gasteiger charge is 2.39. The number of pyridine rings is 1. The first kappa shape index (κ1) is 15.3. The molecule has 9 heteroatoms. The van der Waals surface area contributed by atoms with Crippen molar-refractivity contribution in [1.29, 1.82) is 0 Å². The Hall–Kier alpha value is -1.77. The van der Waals surface area contributed by atoms with Crippen molar-refractivity contribution in [1.82, 2.24) is 4.98 Å². The Morgan fingerprint density at radius 2 is 2.05 bits per heavy atom. The number of carbonyl (C=O) groups is 1. The number of hydrogen-bond donors (Lipinski definition) is 1. The average molecular weight is 284 g/mol. The van der Waals surface area contributed by atoms with Crippen molar-refractivity contribution in [3.05, 3.63) is 28.6 Å². The summed E-state index contributed by atoms with van der Waals surface area (Å²) in [5, 5.41) is 0. The standard InChI is InChI=1S/C10H9F5N2O2/c1-19-9(18)5-2-4(8(11)12)6(3-16)17-7(5)10(13,14)15/h2,8H,3,16H2,1H3. The lowest BCUT2D eigenvalue weighted by atomic mass is 10.1. The number of hydrogen-bond acceptors (Lipinski definition) is 4. The minimum absolute atomic E-state index is 0.411. The summed E-state index contributed by atoms with van der Waals surface area (Å²) in [7, 11) is 0.835. The number of halogens is 5. The molecule has 0 atom stereocenters. The molecule has 0 aliphatic carbocycles. The molecule has 0 saturated heterocycles. The van der Waals surface area contributed by atoms with Gasteiger partial charge in [0.25, 0.3) is 6.43 Å². The van der Waals surface area contributed by atoms with Crippen LogP contribution >= 0.6 is 0 Å². The fourth-order valence-corrected chi connectivity index (χ4v) is 1.40. The van der Waals surface area contributed by atoms with Crippen molar-refractivity contribution in [3.63, 3.8) is 0 Å². The molecule has 0 spiro atoms. The van der Waals surface area contributed by atoms with Gasteiger partial charge in [0.05, 0.1) is 18.4 Å². The van der Waals surface area contributed by atoms with Crippen LogP contribution in [0.15, 0.2) is 6.07 Å². The number of nitrogens with two attached hydrogens (primary N) is 1. The van der Waals surface area contributed by atoms with Crippen molar-refractivity contribution < 1.29 is 31.5 Å². The monoisotopic (exact) mass is 284 g/mol. The van der Waals surface area contributed by atoms with E-state index in [1.165, 1.54) is 0 Å². The van der Waals surface area contributed by atoms with Crippen molar-refractivity contribution in [2.75, 3.05) is 7.11 Å². The first-order valence-corrected chi connectivity index (χ1v) is 4.89. The maximum atomic E-state index is 12.7. The summed E-state index contributed by atoms with van der Waals surface area (Å²) in [6.45, 7) is -0.607. The van der Waals surface area contributed by atoms with Gasteiger partial charge in [-0.1, -0.05) is 0 Å². The average Bonchev–Trinajstić information content (AvgIpc) is 2.34. The third kappa shape index (κ3) is 3.16. The summed E-state index contributed by atoms with van der Waals surface area (Å²) in [6.07, 6.45) is -8.08. The number of rotatable bonds is 3. The second-order valence-electron chi connectivity index (χ2n) is 3.41. The lowest BCUT2D eigenvalue weighted by Gasteiger charge is -2.14. The van der Waals surface area contributed by atoms with E-state index in [0.717, 1.165) is 7.11 Å². The Morgan fingerprint density at radius 3 is 2.42 bits per heavy atom. The lowest BCUT2D eigenvalue weighted by molar-refractivity contribution is -0.141. The van der Waals surface area contributed by atoms with E-state index in [2.05, 4.69) is 9.72 Å². The second-order valence-corrected chi connectivity index (χ2v) is 3.41. The summed E-state index contributed by atoms with van der Waals surface area (Å²) in [5.41, 5.74) is 0.980. The number of nitrogens with zero attached hydrogens (tertiary/aromatic N) is 1. The Morgan fingerprint density at radius 1 is 1.47 bits per heavy atom. The van der Waals surface area contributed by atoms with E-state index in [4.69, 9.17) is 5.73 Å². The molecule has 106 valence electrons. The molecule has 1 heterocycles. The first-order valence-electron chi connectivity index (χ1n) is 4.89. The van der Waals surface area contributed by atoms with Crippen LogP contribution in [-0.4, -0.2) is 18.1 Å². The Kier molecular flexibility index (Phi) is 4.40. The third-order valence-electron chi connectivity index (χ3n) is 2.24. The molecule has 0 radical (unpaired) electrons. The van der Waals surface area contributed by atoms with Gasteiger partial charge in [0.1, 0.15) is 0 Å². The molecule has 1 aromatic heterocycles. The van der Waals surface area contributed by atoms with Gasteiger partial charge in [-0.2, -0.15) is 13.2 Å². The molecular weight excluding hydrogens is 275 g/mol. The third-order valence-corrected chi connectivity index (χ3v) is 2.24. The molecule has 0 aliphatic heterocycles. The zero-order chi connectivity index (χ0) is 14.8. The van der Waals surface area contributed by atoms with Gasteiger partial charge in [-0.05, 0) is 6.07 Å². The number of methoxy groups -OCH3 is 1. The van der Waals surface area contributed by atoms with Crippen molar-refractivity contribution >= 4 is 5.97 Å². The molecular formula is C10H9F5N2O2. The molecule has 0 amide bonds. The molecule has 0 aromatic carbocycles. The maximum Gasteiger partial charge on any atom is 0.434 e. The maximum absolute atomic E-state index is 12.7. The van der Waals surface area contributed by atoms with Gasteiger partial charge in [-0.15, -0.1) is 0 Å². The number of carbonyl (C=O) groups excluding carboxylic acids is 1. The van der Waals surface area contributed by atoms with Gasteiger partial charge < -0.3 is 10.5 Å². The van der Waals surface area contributed by atoms with Crippen LogP contribution in [-0.2, 0) is 17.5 Å². The minimum atomic E-state index is -4.98. The molecule has 19 heavy (non-hydrogen) atoms. The molecule has 2 N–H and O–H groups in total. The highest BCUT2D eigenvalue weighted by Crippen LogP contribution is 2.34. The molecule has 0 aliphatic rings. The molecule has 4 nitrogen and oxygen atoms in total. The molecule has 0 unspecified atom stereocenters. The normalized spacial score (nSPS) is 11.8. The van der Waals surface area contributed by atoms with E-state index in [9.17, 15) is 26.7 Å². The van der Waals surface area contributed by atoms with Crippen LogP contribution in [0.4, 0.5) is 22.0 Å². The topological polar surface area (TPSA) is 65.2 Å². The highest BCUT2D eigenvalue weighted by molar-refractivity contribution is 5.91. The second kappa shape index (κ2) is 5.47. The van der Waals surface area contributed by atoms with Gasteiger partial charge in [0.2, 0.25) is 0 Å². The molecule has 1 aromatic rings. The van der Waals surface area contributed by atoms with Crippen LogP contribution in [0.5, 0.6) is 0 Å². The fourth-order valence-electron chi connectivity index (χ4n) is 1.40. The summed E-state index contributed by atoms with van der Waals surface area (Å²) in [4.78, 5) is 14.2. The summed E-state index contributed by atoms with van der Waals surface area (Å²) in [6, 6.07) is 0.411. The van der Waals surface area contributed by atoms with Crippen LogP contribution in [0.1, 0.15) is 33.7 Å². The van der Waals surface area contributed by atoms with Gasteiger partial charge in [-0.3, -0.25) is 0 Å². The summed E-state index contributed by atoms with van der Waals surface area (Å²) >= 11 is 0. The summed E-state index contributed by atoms with van der Waals surface area (Å²) in [5.74, 6) is -1.40. The lowest BCUT2D eigenvalue weighted by Crippen LogP contribution is -2.20. The van der Waals surface area contributed by atoms with Gasteiger partial charge in [0.15, 0.2) is 5.69 Å². The zero-order valence-electron chi connectivity index (χ0n) is 9.59. The predicted octanol–water partition coefficient (Wildman–Crippen LogP) is 2.28. The number of esters is 1. The van der Waals surface area contributed by atoms with Crippen LogP contribution in [0.2, 0.25) is 0 Å². The quantitative estimate of drug-likeness (QED) is 0.683. The van der Waals surface area contributed by atoms with E-state index in [-0.39, 0.29) is 0 Å². The van der Waals surface area contributed by atoms with Gasteiger partial charge in [0, 0.05) is 12.1 Å². The number of ether oxygens (including phenoxy) is 1. The van der Waals surface area contributed by atoms with Crippen molar-refractivity contribution in [2.24, 2.45) is 5.73 Å². The van der Waals surface area contributed by atoms with E-state index in [1.54, 1.807) is 0 Å². The molecule has 0 fully saturated rings. The van der Waals surface area contributed by atoms with Gasteiger partial charge in [-0.25, -0.2) is 18.6 Å².